The van der Waals surface area contributed by atoms with Crippen molar-refractivity contribution in [1.29, 1.82) is 0 Å². The first-order valence-corrected chi connectivity index (χ1v) is 7.60. The number of fused-ring (bicyclic) bond motifs is 1. The molecule has 0 bridgehead atoms. The van der Waals surface area contributed by atoms with Crippen LogP contribution in [-0.2, 0) is 12.8 Å². The Hall–Kier alpha value is -2.20. The molecule has 114 valence electrons. The van der Waals surface area contributed by atoms with E-state index in [1.54, 1.807) is 12.1 Å². The lowest BCUT2D eigenvalue weighted by Crippen LogP contribution is -2.14. The van der Waals surface area contributed by atoms with E-state index in [-0.39, 0.29) is 16.7 Å². The second-order valence-electron chi connectivity index (χ2n) is 6.09. The molecule has 0 saturated carbocycles. The molecule has 3 rings (SSSR count). The summed E-state index contributed by atoms with van der Waals surface area (Å²) >= 11 is 0. The van der Waals surface area contributed by atoms with E-state index >= 15 is 0 Å². The van der Waals surface area contributed by atoms with Crippen LogP contribution < -0.4 is 5.73 Å². The summed E-state index contributed by atoms with van der Waals surface area (Å²) in [5.41, 5.74) is 13.1. The van der Waals surface area contributed by atoms with Crippen LogP contribution in [0.1, 0.15) is 45.8 Å². The first kappa shape index (κ1) is 14.7. The monoisotopic (exact) mass is 296 g/mol. The van der Waals surface area contributed by atoms with Crippen LogP contribution in [0.2, 0.25) is 0 Å². The third kappa shape index (κ3) is 2.50. The first-order chi connectivity index (χ1) is 10.5. The third-order valence-electron chi connectivity index (χ3n) is 4.72. The highest BCUT2D eigenvalue weighted by atomic mass is 16.6. The van der Waals surface area contributed by atoms with Gasteiger partial charge in [-0.15, -0.1) is 0 Å². The highest BCUT2D eigenvalue weighted by molar-refractivity contribution is 5.49. The van der Waals surface area contributed by atoms with Crippen LogP contribution in [0.15, 0.2) is 30.3 Å². The van der Waals surface area contributed by atoms with E-state index in [2.05, 4.69) is 18.2 Å². The highest BCUT2D eigenvalue weighted by Gasteiger charge is 2.19. The van der Waals surface area contributed by atoms with Crippen molar-refractivity contribution < 1.29 is 4.92 Å². The lowest BCUT2D eigenvalue weighted by atomic mass is 9.91. The van der Waals surface area contributed by atoms with Gasteiger partial charge >= 0.3 is 0 Å². The van der Waals surface area contributed by atoms with Crippen LogP contribution in [0.4, 0.5) is 5.69 Å². The van der Waals surface area contributed by atoms with Gasteiger partial charge in [-0.05, 0) is 66.5 Å². The predicted molar refractivity (Wildman–Crippen MR) is 87.1 cm³/mol. The summed E-state index contributed by atoms with van der Waals surface area (Å²) in [5, 5.41) is 11.1. The summed E-state index contributed by atoms with van der Waals surface area (Å²) in [4.78, 5) is 10.7. The molecule has 0 heterocycles. The number of rotatable bonds is 3. The van der Waals surface area contributed by atoms with Crippen molar-refractivity contribution in [3.05, 3.63) is 73.8 Å². The number of nitro groups is 1. The lowest BCUT2D eigenvalue weighted by Gasteiger charge is -2.17. The zero-order valence-electron chi connectivity index (χ0n) is 12.9. The predicted octanol–water partition coefficient (Wildman–Crippen LogP) is 3.75. The fraction of sp³-hybridized carbons (Fsp3) is 0.333. The molecule has 1 aliphatic rings. The van der Waals surface area contributed by atoms with Gasteiger partial charge in [0.15, 0.2) is 0 Å². The molecule has 0 aromatic heterocycles. The van der Waals surface area contributed by atoms with Gasteiger partial charge in [-0.1, -0.05) is 18.2 Å². The summed E-state index contributed by atoms with van der Waals surface area (Å²) < 4.78 is 0. The van der Waals surface area contributed by atoms with Crippen LogP contribution in [0, 0.1) is 24.0 Å². The molecule has 1 aliphatic carbocycles. The number of hydrogen-bond donors (Lipinski definition) is 1. The standard InChI is InChI=1S/C18H20N2O2/c1-11-8-16(20(21)22)10-17(12(11)2)18(19)15-7-6-13-4-3-5-14(13)9-15/h6-10,18H,3-5,19H2,1-2H3. The molecule has 1 atom stereocenters. The third-order valence-corrected chi connectivity index (χ3v) is 4.72. The van der Waals surface area contributed by atoms with Gasteiger partial charge in [-0.25, -0.2) is 0 Å². The zero-order chi connectivity index (χ0) is 15.9. The summed E-state index contributed by atoms with van der Waals surface area (Å²) in [5.74, 6) is 0. The maximum atomic E-state index is 11.1. The molecule has 4 nitrogen and oxygen atoms in total. The van der Waals surface area contributed by atoms with E-state index < -0.39 is 0 Å². The number of nitro benzene ring substituents is 1. The number of aryl methyl sites for hydroxylation is 3. The Labute approximate surface area is 130 Å². The number of benzene rings is 2. The van der Waals surface area contributed by atoms with Crippen LogP contribution in [0.25, 0.3) is 0 Å². The molecule has 0 radical (unpaired) electrons. The van der Waals surface area contributed by atoms with Crippen molar-refractivity contribution in [2.75, 3.05) is 0 Å². The molecule has 0 aliphatic heterocycles. The van der Waals surface area contributed by atoms with E-state index in [1.807, 2.05) is 13.8 Å². The lowest BCUT2D eigenvalue weighted by molar-refractivity contribution is -0.385. The van der Waals surface area contributed by atoms with Gasteiger partial charge in [0.25, 0.3) is 5.69 Å². The van der Waals surface area contributed by atoms with Crippen molar-refractivity contribution >= 4 is 5.69 Å². The molecule has 22 heavy (non-hydrogen) atoms. The summed E-state index contributed by atoms with van der Waals surface area (Å²) in [7, 11) is 0. The molecule has 0 spiro atoms. The van der Waals surface area contributed by atoms with Crippen molar-refractivity contribution in [3.8, 4) is 0 Å². The summed E-state index contributed by atoms with van der Waals surface area (Å²) in [6.45, 7) is 3.86. The van der Waals surface area contributed by atoms with Gasteiger partial charge < -0.3 is 5.73 Å². The molecule has 0 fully saturated rings. The van der Waals surface area contributed by atoms with E-state index in [0.717, 1.165) is 35.1 Å². The topological polar surface area (TPSA) is 69.2 Å². The fourth-order valence-corrected chi connectivity index (χ4v) is 3.26. The molecule has 2 N–H and O–H groups in total. The average Bonchev–Trinajstić information content (AvgIpc) is 2.96. The molecule has 2 aromatic carbocycles. The highest BCUT2D eigenvalue weighted by Crippen LogP contribution is 2.31. The minimum Gasteiger partial charge on any atom is -0.320 e. The van der Waals surface area contributed by atoms with Gasteiger partial charge in [0.05, 0.1) is 11.0 Å². The molecule has 2 aromatic rings. The summed E-state index contributed by atoms with van der Waals surface area (Å²) in [6.07, 6.45) is 3.44. The van der Waals surface area contributed by atoms with Gasteiger partial charge in [0, 0.05) is 12.1 Å². The zero-order valence-corrected chi connectivity index (χ0v) is 12.9. The van der Waals surface area contributed by atoms with Crippen LogP contribution in [0.3, 0.4) is 0 Å². The largest absolute Gasteiger partial charge is 0.320 e. The maximum absolute atomic E-state index is 11.1. The Morgan fingerprint density at radius 1 is 1.14 bits per heavy atom. The Morgan fingerprint density at radius 3 is 2.59 bits per heavy atom. The molecular formula is C18H20N2O2. The minimum atomic E-state index is -0.356. The Balaban J connectivity index is 2.05. The average molecular weight is 296 g/mol. The molecular weight excluding hydrogens is 276 g/mol. The van der Waals surface area contributed by atoms with Crippen molar-refractivity contribution in [1.82, 2.24) is 0 Å². The second kappa shape index (κ2) is 5.54. The first-order valence-electron chi connectivity index (χ1n) is 7.60. The van der Waals surface area contributed by atoms with E-state index in [9.17, 15) is 10.1 Å². The van der Waals surface area contributed by atoms with Crippen LogP contribution in [0.5, 0.6) is 0 Å². The van der Waals surface area contributed by atoms with Gasteiger partial charge in [-0.2, -0.15) is 0 Å². The van der Waals surface area contributed by atoms with E-state index in [4.69, 9.17) is 5.73 Å². The van der Waals surface area contributed by atoms with Crippen LogP contribution in [-0.4, -0.2) is 4.92 Å². The second-order valence-corrected chi connectivity index (χ2v) is 6.09. The van der Waals surface area contributed by atoms with Gasteiger partial charge in [0.1, 0.15) is 0 Å². The number of nitrogens with zero attached hydrogens (tertiary/aromatic N) is 1. The quantitative estimate of drug-likeness (QED) is 0.692. The smallest absolute Gasteiger partial charge is 0.270 e. The van der Waals surface area contributed by atoms with Crippen molar-refractivity contribution in [3.63, 3.8) is 0 Å². The van der Waals surface area contributed by atoms with Crippen molar-refractivity contribution in [2.24, 2.45) is 5.73 Å². The Kier molecular flexibility index (Phi) is 3.71. The Morgan fingerprint density at radius 2 is 1.86 bits per heavy atom. The van der Waals surface area contributed by atoms with E-state index in [0.29, 0.717) is 0 Å². The number of hydrogen-bond acceptors (Lipinski definition) is 3. The van der Waals surface area contributed by atoms with Crippen LogP contribution >= 0.6 is 0 Å². The molecule has 0 amide bonds. The number of non-ortho nitro benzene ring substituents is 1. The van der Waals surface area contributed by atoms with Gasteiger partial charge in [-0.3, -0.25) is 10.1 Å². The maximum Gasteiger partial charge on any atom is 0.270 e. The van der Waals surface area contributed by atoms with Gasteiger partial charge in [0.2, 0.25) is 0 Å². The normalized spacial score (nSPS) is 14.7. The fourth-order valence-electron chi connectivity index (χ4n) is 3.26. The molecule has 4 heteroatoms. The number of nitrogens with two attached hydrogens (primary N) is 1. The minimum absolute atomic E-state index is 0.106. The molecule has 0 saturated heterocycles. The van der Waals surface area contributed by atoms with Crippen molar-refractivity contribution in [2.45, 2.75) is 39.2 Å². The summed E-state index contributed by atoms with van der Waals surface area (Å²) in [6, 6.07) is 9.26. The molecule has 1 unspecified atom stereocenters. The SMILES string of the molecule is Cc1cc([N+](=O)[O-])cc(C(N)c2ccc3c(c2)CCC3)c1C. The van der Waals surface area contributed by atoms with E-state index in [1.165, 1.54) is 17.5 Å². The Bertz CT molecular complexity index is 753.